The van der Waals surface area contributed by atoms with E-state index < -0.39 is 8.32 Å². The maximum Gasteiger partial charge on any atom is 0.192 e. The molecule has 0 aromatic heterocycles. The minimum absolute atomic E-state index is 0.00597. The van der Waals surface area contributed by atoms with Gasteiger partial charge in [-0.15, -0.1) is 0 Å². The molecule has 4 nitrogen and oxygen atoms in total. The van der Waals surface area contributed by atoms with Crippen LogP contribution >= 0.6 is 0 Å². The summed E-state index contributed by atoms with van der Waals surface area (Å²) in [7, 11) is -0.292. The zero-order valence-corrected chi connectivity index (χ0v) is 18.9. The van der Waals surface area contributed by atoms with Crippen molar-refractivity contribution < 1.29 is 18.7 Å². The van der Waals surface area contributed by atoms with Crippen LogP contribution in [0.25, 0.3) is 6.08 Å². The Balaban J connectivity index is 1.82. The molecule has 1 saturated carbocycles. The molecule has 0 N–H and O–H groups in total. The van der Waals surface area contributed by atoms with Gasteiger partial charge in [0.15, 0.2) is 19.8 Å². The molecule has 0 radical (unpaired) electrons. The van der Waals surface area contributed by atoms with Gasteiger partial charge in [-0.1, -0.05) is 39.0 Å². The van der Waals surface area contributed by atoms with Crippen LogP contribution in [-0.4, -0.2) is 33.9 Å². The lowest BCUT2D eigenvalue weighted by Gasteiger charge is -2.50. The minimum Gasteiger partial charge on any atom is -0.493 e. The second-order valence-corrected chi connectivity index (χ2v) is 14.7. The maximum atomic E-state index is 11.9. The Kier molecular flexibility index (Phi) is 4.55. The number of allylic oxidation sites excluding steroid dienone is 1. The molecule has 1 aromatic carbocycles. The average Bonchev–Trinajstić information content (AvgIpc) is 2.97. The molecule has 1 fully saturated rings. The van der Waals surface area contributed by atoms with Gasteiger partial charge in [0, 0.05) is 12.0 Å². The molecule has 152 valence electrons. The van der Waals surface area contributed by atoms with E-state index in [0.29, 0.717) is 12.3 Å². The standard InChI is InChI=1S/C23H32O4Si/c1-22(2,3)28(5,6)27-18-12-10-16-9-7-15-8-11-17(25-4)20-19(15)23(16,13-14-24)21(18)26-20/h7-9,11,14,16,18,21H,10,12-13H2,1-6H3/t16-,18-,21+,23+/m1/s1. The van der Waals surface area contributed by atoms with Gasteiger partial charge >= 0.3 is 0 Å². The molecule has 1 aromatic rings. The van der Waals surface area contributed by atoms with Crippen molar-refractivity contribution in [3.05, 3.63) is 29.3 Å². The smallest absolute Gasteiger partial charge is 0.192 e. The number of carbonyl (C=O) groups excluding carboxylic acids is 1. The van der Waals surface area contributed by atoms with Crippen molar-refractivity contribution >= 4 is 20.7 Å². The highest BCUT2D eigenvalue weighted by molar-refractivity contribution is 6.74. The Morgan fingerprint density at radius 2 is 2.04 bits per heavy atom. The molecule has 5 heteroatoms. The van der Waals surface area contributed by atoms with Crippen LogP contribution in [0.2, 0.25) is 18.1 Å². The third-order valence-corrected chi connectivity index (χ3v) is 12.0. The summed E-state index contributed by atoms with van der Waals surface area (Å²) in [5.74, 6) is 1.85. The highest BCUT2D eigenvalue weighted by Gasteiger charge is 2.61. The van der Waals surface area contributed by atoms with Gasteiger partial charge in [0.2, 0.25) is 0 Å². The molecule has 0 saturated heterocycles. The number of hydrogen-bond acceptors (Lipinski definition) is 4. The van der Waals surface area contributed by atoms with Crippen LogP contribution < -0.4 is 9.47 Å². The van der Waals surface area contributed by atoms with Gasteiger partial charge in [0.1, 0.15) is 12.4 Å². The Morgan fingerprint density at radius 1 is 1.29 bits per heavy atom. The molecular formula is C23H32O4Si. The molecule has 3 aliphatic rings. The lowest BCUT2D eigenvalue weighted by Crippen LogP contribution is -2.58. The van der Waals surface area contributed by atoms with Gasteiger partial charge in [0.25, 0.3) is 0 Å². The molecule has 0 unspecified atom stereocenters. The van der Waals surface area contributed by atoms with Crippen molar-refractivity contribution in [3.63, 3.8) is 0 Å². The van der Waals surface area contributed by atoms with Crippen molar-refractivity contribution in [3.8, 4) is 11.5 Å². The van der Waals surface area contributed by atoms with Crippen LogP contribution in [0.15, 0.2) is 18.2 Å². The molecule has 1 heterocycles. The summed E-state index contributed by atoms with van der Waals surface area (Å²) in [5.41, 5.74) is 1.95. The first-order chi connectivity index (χ1) is 13.2. The third kappa shape index (κ3) is 2.62. The molecule has 0 spiro atoms. The number of rotatable bonds is 5. The SMILES string of the molecule is COc1ccc2c3c1O[C@H]1[C@H](O[Si](C)(C)C(C)(C)C)CC[C@@H](C=C2)[C@@]31CC=O. The number of carbonyl (C=O) groups is 1. The normalized spacial score (nSPS) is 30.6. The quantitative estimate of drug-likeness (QED) is 0.509. The molecule has 0 bridgehead atoms. The number of aldehydes is 1. The van der Waals surface area contributed by atoms with Crippen molar-refractivity contribution in [1.82, 2.24) is 0 Å². The monoisotopic (exact) mass is 400 g/mol. The van der Waals surface area contributed by atoms with E-state index in [9.17, 15) is 4.79 Å². The van der Waals surface area contributed by atoms with Crippen LogP contribution in [0.3, 0.4) is 0 Å². The summed E-state index contributed by atoms with van der Waals surface area (Å²) in [6.45, 7) is 11.4. The predicted octanol–water partition coefficient (Wildman–Crippen LogP) is 5.11. The Morgan fingerprint density at radius 3 is 2.68 bits per heavy atom. The van der Waals surface area contributed by atoms with Gasteiger partial charge in [-0.2, -0.15) is 0 Å². The molecule has 28 heavy (non-hydrogen) atoms. The lowest BCUT2D eigenvalue weighted by molar-refractivity contribution is -0.112. The van der Waals surface area contributed by atoms with Crippen LogP contribution in [-0.2, 0) is 14.6 Å². The van der Waals surface area contributed by atoms with Crippen LogP contribution in [0.4, 0.5) is 0 Å². The van der Waals surface area contributed by atoms with E-state index in [1.54, 1.807) is 7.11 Å². The topological polar surface area (TPSA) is 44.8 Å². The van der Waals surface area contributed by atoms with E-state index in [4.69, 9.17) is 13.9 Å². The van der Waals surface area contributed by atoms with E-state index in [-0.39, 0.29) is 22.7 Å². The average molecular weight is 401 g/mol. The fourth-order valence-electron chi connectivity index (χ4n) is 5.08. The van der Waals surface area contributed by atoms with Crippen LogP contribution in [0.5, 0.6) is 11.5 Å². The van der Waals surface area contributed by atoms with E-state index in [1.165, 1.54) is 0 Å². The van der Waals surface area contributed by atoms with Gasteiger partial charge in [0.05, 0.1) is 18.6 Å². The lowest BCUT2D eigenvalue weighted by atomic mass is 9.57. The number of hydrogen-bond donors (Lipinski definition) is 0. The summed E-state index contributed by atoms with van der Waals surface area (Å²) in [4.78, 5) is 11.9. The van der Waals surface area contributed by atoms with Gasteiger partial charge in [-0.05, 0) is 48.5 Å². The van der Waals surface area contributed by atoms with E-state index >= 15 is 0 Å². The van der Waals surface area contributed by atoms with Gasteiger partial charge in [-0.3, -0.25) is 0 Å². The first-order valence-electron chi connectivity index (χ1n) is 10.3. The molecule has 4 atom stereocenters. The van der Waals surface area contributed by atoms with Crippen LogP contribution in [0, 0.1) is 5.92 Å². The van der Waals surface area contributed by atoms with Crippen molar-refractivity contribution in [1.29, 1.82) is 0 Å². The Hall–Kier alpha value is -1.59. The summed E-state index contributed by atoms with van der Waals surface area (Å²) in [6.07, 6.45) is 7.80. The number of ether oxygens (including phenoxy) is 2. The fraction of sp³-hybridized carbons (Fsp3) is 0.609. The molecular weight excluding hydrogens is 368 g/mol. The second-order valence-electron chi connectivity index (χ2n) is 9.97. The number of methoxy groups -OCH3 is 1. The molecule has 4 rings (SSSR count). The first-order valence-corrected chi connectivity index (χ1v) is 13.2. The van der Waals surface area contributed by atoms with Crippen molar-refractivity contribution in [2.45, 2.75) is 75.8 Å². The first kappa shape index (κ1) is 19.7. The minimum atomic E-state index is -1.97. The second kappa shape index (κ2) is 6.46. The van der Waals surface area contributed by atoms with E-state index in [0.717, 1.165) is 41.8 Å². The van der Waals surface area contributed by atoms with E-state index in [1.807, 2.05) is 6.07 Å². The highest BCUT2D eigenvalue weighted by Crippen LogP contribution is 2.61. The summed E-state index contributed by atoms with van der Waals surface area (Å²) >= 11 is 0. The largest absolute Gasteiger partial charge is 0.493 e. The zero-order chi connectivity index (χ0) is 20.3. The predicted molar refractivity (Wildman–Crippen MR) is 114 cm³/mol. The van der Waals surface area contributed by atoms with Gasteiger partial charge < -0.3 is 18.7 Å². The van der Waals surface area contributed by atoms with Crippen molar-refractivity contribution in [2.24, 2.45) is 5.92 Å². The highest BCUT2D eigenvalue weighted by atomic mass is 28.4. The van der Waals surface area contributed by atoms with Gasteiger partial charge in [-0.25, -0.2) is 0 Å². The maximum absolute atomic E-state index is 11.9. The molecule has 0 amide bonds. The Labute approximate surface area is 169 Å². The van der Waals surface area contributed by atoms with Crippen LogP contribution in [0.1, 0.15) is 51.2 Å². The zero-order valence-electron chi connectivity index (χ0n) is 17.9. The molecule has 1 aliphatic heterocycles. The summed E-state index contributed by atoms with van der Waals surface area (Å²) < 4.78 is 19.1. The molecule has 2 aliphatic carbocycles. The Bertz CT molecular complexity index is 823. The number of benzene rings is 1. The fourth-order valence-corrected chi connectivity index (χ4v) is 6.43. The van der Waals surface area contributed by atoms with Crippen molar-refractivity contribution in [2.75, 3.05) is 7.11 Å². The third-order valence-electron chi connectivity index (χ3n) is 7.53. The summed E-state index contributed by atoms with van der Waals surface area (Å²) in [5, 5.41) is 0.127. The summed E-state index contributed by atoms with van der Waals surface area (Å²) in [6, 6.07) is 4.05. The van der Waals surface area contributed by atoms with E-state index in [2.05, 4.69) is 52.1 Å².